The molecule has 2 N–H and O–H groups in total. The molecule has 0 aliphatic heterocycles. The summed E-state index contributed by atoms with van der Waals surface area (Å²) in [5, 5.41) is 0. The van der Waals surface area contributed by atoms with Crippen LogP contribution in [0.2, 0.25) is 0 Å². The van der Waals surface area contributed by atoms with Crippen molar-refractivity contribution in [3.05, 3.63) is 29.8 Å². The van der Waals surface area contributed by atoms with Crippen molar-refractivity contribution in [1.29, 1.82) is 0 Å². The van der Waals surface area contributed by atoms with Crippen molar-refractivity contribution in [1.82, 2.24) is 9.55 Å². The zero-order valence-corrected chi connectivity index (χ0v) is 11.5. The first-order valence-corrected chi connectivity index (χ1v) is 6.91. The summed E-state index contributed by atoms with van der Waals surface area (Å²) in [5.41, 5.74) is 7.41. The van der Waals surface area contributed by atoms with Crippen LogP contribution in [0.1, 0.15) is 38.4 Å². The van der Waals surface area contributed by atoms with E-state index in [2.05, 4.69) is 11.9 Å². The van der Waals surface area contributed by atoms with E-state index in [1.165, 1.54) is 12.5 Å². The first-order chi connectivity index (χ1) is 9.01. The summed E-state index contributed by atoms with van der Waals surface area (Å²) in [7, 11) is 1.93. The van der Waals surface area contributed by atoms with Crippen molar-refractivity contribution in [3.63, 3.8) is 0 Å². The standard InChI is InChI=1S/C15H20FN3/c1-10-5-4-8-15(17,9-10)14-18-13-11(16)6-3-7-12(13)19(14)2/h3,6-7,10H,4-5,8-9,17H2,1-2H3. The Hall–Kier alpha value is -1.42. The topological polar surface area (TPSA) is 43.8 Å². The number of fused-ring (bicyclic) bond motifs is 1. The molecule has 1 aromatic carbocycles. The van der Waals surface area contributed by atoms with E-state index in [1.54, 1.807) is 6.07 Å². The summed E-state index contributed by atoms with van der Waals surface area (Å²) in [6, 6.07) is 5.06. The molecule has 0 radical (unpaired) electrons. The number of nitrogens with two attached hydrogens (primary N) is 1. The minimum absolute atomic E-state index is 0.271. The van der Waals surface area contributed by atoms with Crippen LogP contribution in [0.4, 0.5) is 4.39 Å². The molecule has 3 rings (SSSR count). The van der Waals surface area contributed by atoms with E-state index in [0.717, 1.165) is 30.6 Å². The van der Waals surface area contributed by atoms with Crippen LogP contribution >= 0.6 is 0 Å². The average Bonchev–Trinajstić information content (AvgIpc) is 2.69. The fraction of sp³-hybridized carbons (Fsp3) is 0.533. The van der Waals surface area contributed by atoms with Gasteiger partial charge in [0.2, 0.25) is 0 Å². The second kappa shape index (κ2) is 4.30. The lowest BCUT2D eigenvalue weighted by Crippen LogP contribution is -2.43. The first-order valence-electron chi connectivity index (χ1n) is 6.91. The Morgan fingerprint density at radius 2 is 2.26 bits per heavy atom. The molecule has 19 heavy (non-hydrogen) atoms. The molecule has 0 saturated heterocycles. The molecule has 2 unspecified atom stereocenters. The summed E-state index contributed by atoms with van der Waals surface area (Å²) >= 11 is 0. The van der Waals surface area contributed by atoms with Crippen LogP contribution in [0.3, 0.4) is 0 Å². The number of aromatic nitrogens is 2. The number of rotatable bonds is 1. The van der Waals surface area contributed by atoms with E-state index in [9.17, 15) is 4.39 Å². The predicted molar refractivity (Wildman–Crippen MR) is 74.2 cm³/mol. The van der Waals surface area contributed by atoms with Gasteiger partial charge in [0.15, 0.2) is 5.82 Å². The van der Waals surface area contributed by atoms with Crippen LogP contribution in [-0.2, 0) is 12.6 Å². The van der Waals surface area contributed by atoms with Crippen molar-refractivity contribution in [3.8, 4) is 0 Å². The zero-order chi connectivity index (χ0) is 13.6. The molecule has 3 nitrogen and oxygen atoms in total. The number of nitrogens with zero attached hydrogens (tertiary/aromatic N) is 2. The highest BCUT2D eigenvalue weighted by atomic mass is 19.1. The molecule has 4 heteroatoms. The number of benzene rings is 1. The van der Waals surface area contributed by atoms with E-state index < -0.39 is 5.54 Å². The highest BCUT2D eigenvalue weighted by Gasteiger charge is 2.36. The molecule has 1 aromatic heterocycles. The van der Waals surface area contributed by atoms with E-state index in [4.69, 9.17) is 5.73 Å². The molecule has 1 saturated carbocycles. The molecule has 1 aliphatic rings. The van der Waals surface area contributed by atoms with Crippen LogP contribution < -0.4 is 5.73 Å². The van der Waals surface area contributed by atoms with Gasteiger partial charge in [-0.3, -0.25) is 0 Å². The summed E-state index contributed by atoms with van der Waals surface area (Å²) in [5.74, 6) is 1.15. The Labute approximate surface area is 112 Å². The molecule has 2 aromatic rings. The van der Waals surface area contributed by atoms with Crippen molar-refractivity contribution < 1.29 is 4.39 Å². The fourth-order valence-corrected chi connectivity index (χ4v) is 3.42. The van der Waals surface area contributed by atoms with Gasteiger partial charge in [0, 0.05) is 7.05 Å². The van der Waals surface area contributed by atoms with E-state index >= 15 is 0 Å². The highest BCUT2D eigenvalue weighted by Crippen LogP contribution is 2.38. The minimum Gasteiger partial charge on any atom is -0.329 e. The lowest BCUT2D eigenvalue weighted by atomic mass is 9.76. The van der Waals surface area contributed by atoms with Gasteiger partial charge in [-0.2, -0.15) is 0 Å². The largest absolute Gasteiger partial charge is 0.329 e. The molecule has 1 heterocycles. The van der Waals surface area contributed by atoms with Crippen LogP contribution in [0, 0.1) is 11.7 Å². The van der Waals surface area contributed by atoms with Gasteiger partial charge >= 0.3 is 0 Å². The summed E-state index contributed by atoms with van der Waals surface area (Å²) in [6.07, 6.45) is 4.18. The lowest BCUT2D eigenvalue weighted by molar-refractivity contribution is 0.225. The molecular formula is C15H20FN3. The van der Waals surface area contributed by atoms with Crippen molar-refractivity contribution in [2.45, 2.75) is 38.1 Å². The second-order valence-electron chi connectivity index (χ2n) is 5.96. The predicted octanol–water partition coefficient (Wildman–Crippen LogP) is 3.08. The van der Waals surface area contributed by atoms with Gasteiger partial charge in [-0.15, -0.1) is 0 Å². The maximum atomic E-state index is 13.8. The molecule has 0 bridgehead atoms. The van der Waals surface area contributed by atoms with Crippen LogP contribution in [-0.4, -0.2) is 9.55 Å². The van der Waals surface area contributed by atoms with Gasteiger partial charge in [-0.25, -0.2) is 9.37 Å². The number of aryl methyl sites for hydroxylation is 1. The van der Waals surface area contributed by atoms with E-state index in [0.29, 0.717) is 11.4 Å². The fourth-order valence-electron chi connectivity index (χ4n) is 3.42. The zero-order valence-electron chi connectivity index (χ0n) is 11.5. The average molecular weight is 261 g/mol. The Morgan fingerprint density at radius 3 is 2.95 bits per heavy atom. The van der Waals surface area contributed by atoms with Gasteiger partial charge < -0.3 is 10.3 Å². The molecular weight excluding hydrogens is 241 g/mol. The Bertz CT molecular complexity index is 619. The molecule has 2 atom stereocenters. The molecule has 0 spiro atoms. The molecule has 1 fully saturated rings. The molecule has 1 aliphatic carbocycles. The third kappa shape index (κ3) is 1.94. The Kier molecular flexibility index (Phi) is 2.86. The maximum Gasteiger partial charge on any atom is 0.151 e. The van der Waals surface area contributed by atoms with Crippen LogP contribution in [0.15, 0.2) is 18.2 Å². The van der Waals surface area contributed by atoms with Gasteiger partial charge in [-0.05, 0) is 30.9 Å². The molecule has 102 valence electrons. The second-order valence-corrected chi connectivity index (χ2v) is 5.96. The number of imidazole rings is 1. The van der Waals surface area contributed by atoms with Crippen molar-refractivity contribution in [2.75, 3.05) is 0 Å². The highest BCUT2D eigenvalue weighted by molar-refractivity contribution is 5.76. The van der Waals surface area contributed by atoms with Crippen LogP contribution in [0.25, 0.3) is 11.0 Å². The van der Waals surface area contributed by atoms with Crippen molar-refractivity contribution in [2.24, 2.45) is 18.7 Å². The minimum atomic E-state index is -0.419. The monoisotopic (exact) mass is 261 g/mol. The lowest BCUT2D eigenvalue weighted by Gasteiger charge is -2.36. The van der Waals surface area contributed by atoms with Gasteiger partial charge in [-0.1, -0.05) is 25.8 Å². The van der Waals surface area contributed by atoms with Gasteiger partial charge in [0.05, 0.1) is 11.1 Å². The third-order valence-corrected chi connectivity index (χ3v) is 4.34. The summed E-state index contributed by atoms with van der Waals surface area (Å²) in [4.78, 5) is 4.50. The smallest absolute Gasteiger partial charge is 0.151 e. The summed E-state index contributed by atoms with van der Waals surface area (Å²) in [6.45, 7) is 2.23. The van der Waals surface area contributed by atoms with Gasteiger partial charge in [0.25, 0.3) is 0 Å². The van der Waals surface area contributed by atoms with Gasteiger partial charge in [0.1, 0.15) is 11.3 Å². The number of hydrogen-bond donors (Lipinski definition) is 1. The number of para-hydroxylation sites is 1. The normalized spacial score (nSPS) is 27.9. The Morgan fingerprint density at radius 1 is 1.47 bits per heavy atom. The number of halogens is 1. The number of hydrogen-bond acceptors (Lipinski definition) is 2. The quantitative estimate of drug-likeness (QED) is 0.857. The van der Waals surface area contributed by atoms with E-state index in [1.807, 2.05) is 17.7 Å². The first kappa shape index (κ1) is 12.6. The maximum absolute atomic E-state index is 13.8. The van der Waals surface area contributed by atoms with Crippen molar-refractivity contribution >= 4 is 11.0 Å². The third-order valence-electron chi connectivity index (χ3n) is 4.34. The molecule has 0 amide bonds. The Balaban J connectivity index is 2.15. The van der Waals surface area contributed by atoms with E-state index in [-0.39, 0.29) is 5.82 Å². The SMILES string of the molecule is CC1CCCC(N)(c2nc3c(F)cccc3n2C)C1. The van der Waals surface area contributed by atoms with Crippen LogP contribution in [0.5, 0.6) is 0 Å². The summed E-state index contributed by atoms with van der Waals surface area (Å²) < 4.78 is 15.8.